The van der Waals surface area contributed by atoms with Gasteiger partial charge in [0.15, 0.2) is 17.5 Å². The van der Waals surface area contributed by atoms with Crippen LogP contribution in [-0.4, -0.2) is 33.3 Å². The van der Waals surface area contributed by atoms with Gasteiger partial charge in [0, 0.05) is 13.1 Å². The van der Waals surface area contributed by atoms with Gasteiger partial charge in [-0.25, -0.2) is 0 Å². The van der Waals surface area contributed by atoms with E-state index < -0.39 is 0 Å². The summed E-state index contributed by atoms with van der Waals surface area (Å²) >= 11 is 0. The molecule has 5 heteroatoms. The molecule has 0 radical (unpaired) electrons. The molecule has 0 spiro atoms. The smallest absolute Gasteiger partial charge is 0.188 e. The van der Waals surface area contributed by atoms with Gasteiger partial charge in [-0.05, 0) is 55.5 Å². The molecule has 0 saturated carbocycles. The molecule has 0 saturated heterocycles. The molecule has 2 rings (SSSR count). The van der Waals surface area contributed by atoms with Crippen LogP contribution in [0.25, 0.3) is 0 Å². The summed E-state index contributed by atoms with van der Waals surface area (Å²) in [4.78, 5) is 4.41. The van der Waals surface area contributed by atoms with Crippen molar-refractivity contribution in [1.29, 1.82) is 0 Å². The van der Waals surface area contributed by atoms with Crippen LogP contribution in [0.2, 0.25) is 0 Å². The van der Waals surface area contributed by atoms with Crippen molar-refractivity contribution >= 4 is 5.96 Å². The predicted octanol–water partition coefficient (Wildman–Crippen LogP) is 3.01. The lowest BCUT2D eigenvalue weighted by molar-refractivity contribution is 0.354. The SMILES string of the molecule is COc1ccc(CCNC(N)=NCCc2ccc(C)cc2C)cc1OC. The zero-order chi connectivity index (χ0) is 18.9. The van der Waals surface area contributed by atoms with E-state index in [1.165, 1.54) is 16.7 Å². The molecule has 0 bridgehead atoms. The van der Waals surface area contributed by atoms with Gasteiger partial charge >= 0.3 is 0 Å². The second-order valence-corrected chi connectivity index (χ2v) is 6.31. The van der Waals surface area contributed by atoms with Crippen molar-refractivity contribution in [3.05, 3.63) is 58.7 Å². The van der Waals surface area contributed by atoms with E-state index in [4.69, 9.17) is 15.2 Å². The molecule has 0 aliphatic carbocycles. The fourth-order valence-corrected chi connectivity index (χ4v) is 2.85. The van der Waals surface area contributed by atoms with Gasteiger partial charge in [-0.2, -0.15) is 0 Å². The van der Waals surface area contributed by atoms with Crippen molar-refractivity contribution in [3.8, 4) is 11.5 Å². The number of methoxy groups -OCH3 is 2. The number of nitrogens with zero attached hydrogens (tertiary/aromatic N) is 1. The summed E-state index contributed by atoms with van der Waals surface area (Å²) in [7, 11) is 3.27. The summed E-state index contributed by atoms with van der Waals surface area (Å²) < 4.78 is 10.6. The maximum Gasteiger partial charge on any atom is 0.188 e. The Morgan fingerprint density at radius 3 is 2.46 bits per heavy atom. The van der Waals surface area contributed by atoms with Crippen LogP contribution in [0.5, 0.6) is 11.5 Å². The predicted molar refractivity (Wildman–Crippen MR) is 107 cm³/mol. The van der Waals surface area contributed by atoms with Gasteiger partial charge in [-0.3, -0.25) is 4.99 Å². The highest BCUT2D eigenvalue weighted by Gasteiger charge is 2.04. The molecular formula is C21H29N3O2. The van der Waals surface area contributed by atoms with Gasteiger partial charge in [-0.15, -0.1) is 0 Å². The lowest BCUT2D eigenvalue weighted by Gasteiger charge is -2.10. The summed E-state index contributed by atoms with van der Waals surface area (Å²) in [6.45, 7) is 5.64. The third-order valence-electron chi connectivity index (χ3n) is 4.33. The first-order chi connectivity index (χ1) is 12.5. The van der Waals surface area contributed by atoms with Crippen molar-refractivity contribution in [2.24, 2.45) is 10.7 Å². The van der Waals surface area contributed by atoms with Crippen molar-refractivity contribution in [3.63, 3.8) is 0 Å². The van der Waals surface area contributed by atoms with Crippen molar-refractivity contribution in [1.82, 2.24) is 5.32 Å². The molecule has 3 N–H and O–H groups in total. The minimum Gasteiger partial charge on any atom is -0.493 e. The van der Waals surface area contributed by atoms with Gasteiger partial charge < -0.3 is 20.5 Å². The van der Waals surface area contributed by atoms with E-state index in [9.17, 15) is 0 Å². The minimum absolute atomic E-state index is 0.482. The van der Waals surface area contributed by atoms with E-state index in [1.54, 1.807) is 14.2 Å². The minimum atomic E-state index is 0.482. The normalized spacial score (nSPS) is 11.3. The number of aryl methyl sites for hydroxylation is 2. The monoisotopic (exact) mass is 355 g/mol. The van der Waals surface area contributed by atoms with Gasteiger partial charge in [0.1, 0.15) is 0 Å². The average Bonchev–Trinajstić information content (AvgIpc) is 2.63. The molecule has 0 fully saturated rings. The maximum absolute atomic E-state index is 5.96. The van der Waals surface area contributed by atoms with Crippen LogP contribution < -0.4 is 20.5 Å². The first-order valence-corrected chi connectivity index (χ1v) is 8.84. The van der Waals surface area contributed by atoms with Crippen LogP contribution in [0, 0.1) is 13.8 Å². The number of nitrogens with two attached hydrogens (primary N) is 1. The summed E-state index contributed by atoms with van der Waals surface area (Å²) in [5.41, 5.74) is 11.0. The van der Waals surface area contributed by atoms with Crippen molar-refractivity contribution in [2.45, 2.75) is 26.7 Å². The number of nitrogens with one attached hydrogen (secondary N) is 1. The topological polar surface area (TPSA) is 68.9 Å². The molecule has 26 heavy (non-hydrogen) atoms. The second kappa shape index (κ2) is 9.70. The van der Waals surface area contributed by atoms with Crippen LogP contribution in [0.1, 0.15) is 22.3 Å². The quantitative estimate of drug-likeness (QED) is 0.564. The molecule has 2 aromatic rings. The van der Waals surface area contributed by atoms with Crippen LogP contribution >= 0.6 is 0 Å². The van der Waals surface area contributed by atoms with Gasteiger partial charge in [-0.1, -0.05) is 29.8 Å². The highest BCUT2D eigenvalue weighted by molar-refractivity contribution is 5.77. The van der Waals surface area contributed by atoms with Gasteiger partial charge in [0.25, 0.3) is 0 Å². The van der Waals surface area contributed by atoms with E-state index in [2.05, 4.69) is 42.4 Å². The Balaban J connectivity index is 1.79. The van der Waals surface area contributed by atoms with Crippen molar-refractivity contribution in [2.75, 3.05) is 27.3 Å². The number of benzene rings is 2. The average molecular weight is 355 g/mol. The molecule has 0 amide bonds. The van der Waals surface area contributed by atoms with Crippen molar-refractivity contribution < 1.29 is 9.47 Å². The number of hydrogen-bond acceptors (Lipinski definition) is 3. The Bertz CT molecular complexity index is 757. The summed E-state index contributed by atoms with van der Waals surface area (Å²) in [5.74, 6) is 1.95. The Kier molecular flexibility index (Phi) is 7.33. The number of rotatable bonds is 8. The molecule has 0 aromatic heterocycles. The second-order valence-electron chi connectivity index (χ2n) is 6.31. The van der Waals surface area contributed by atoms with E-state index in [0.29, 0.717) is 19.0 Å². The summed E-state index contributed by atoms with van der Waals surface area (Å²) in [5, 5.41) is 3.16. The molecule has 0 atom stereocenters. The van der Waals surface area contributed by atoms with Crippen LogP contribution in [0.3, 0.4) is 0 Å². The first-order valence-electron chi connectivity index (χ1n) is 8.84. The highest BCUT2D eigenvalue weighted by Crippen LogP contribution is 2.27. The number of guanidine groups is 1. The largest absolute Gasteiger partial charge is 0.493 e. The molecule has 0 aliphatic rings. The van der Waals surface area contributed by atoms with E-state index >= 15 is 0 Å². The lowest BCUT2D eigenvalue weighted by atomic mass is 10.0. The van der Waals surface area contributed by atoms with E-state index in [1.807, 2.05) is 18.2 Å². The fraction of sp³-hybridized carbons (Fsp3) is 0.381. The molecule has 5 nitrogen and oxygen atoms in total. The molecule has 0 heterocycles. The zero-order valence-electron chi connectivity index (χ0n) is 16.1. The molecule has 0 unspecified atom stereocenters. The highest BCUT2D eigenvalue weighted by atomic mass is 16.5. The fourth-order valence-electron chi connectivity index (χ4n) is 2.85. The number of ether oxygens (including phenoxy) is 2. The Morgan fingerprint density at radius 2 is 1.77 bits per heavy atom. The summed E-state index contributed by atoms with van der Waals surface area (Å²) in [6, 6.07) is 12.4. The maximum atomic E-state index is 5.96. The first kappa shape index (κ1) is 19.6. The Labute approximate surface area is 156 Å². The Morgan fingerprint density at radius 1 is 1.00 bits per heavy atom. The molecule has 2 aromatic carbocycles. The van der Waals surface area contributed by atoms with E-state index in [-0.39, 0.29) is 0 Å². The summed E-state index contributed by atoms with van der Waals surface area (Å²) in [6.07, 6.45) is 1.72. The van der Waals surface area contributed by atoms with E-state index in [0.717, 1.165) is 29.9 Å². The third kappa shape index (κ3) is 5.69. The van der Waals surface area contributed by atoms with Crippen LogP contribution in [-0.2, 0) is 12.8 Å². The van der Waals surface area contributed by atoms with Gasteiger partial charge in [0.2, 0.25) is 0 Å². The third-order valence-corrected chi connectivity index (χ3v) is 4.33. The molecule has 0 aliphatic heterocycles. The van der Waals surface area contributed by atoms with Crippen LogP contribution in [0.4, 0.5) is 0 Å². The zero-order valence-corrected chi connectivity index (χ0v) is 16.1. The van der Waals surface area contributed by atoms with Gasteiger partial charge in [0.05, 0.1) is 14.2 Å². The number of hydrogen-bond donors (Lipinski definition) is 2. The van der Waals surface area contributed by atoms with Crippen LogP contribution in [0.15, 0.2) is 41.4 Å². The molecule has 140 valence electrons. The lowest BCUT2D eigenvalue weighted by Crippen LogP contribution is -2.33. The number of aliphatic imine (C=N–C) groups is 1. The molecular weight excluding hydrogens is 326 g/mol. The Hall–Kier alpha value is -2.69. The standard InChI is InChI=1S/C21H29N3O2/c1-15-5-7-18(16(2)13-15)10-12-24-21(22)23-11-9-17-6-8-19(25-3)20(14-17)26-4/h5-8,13-14H,9-12H2,1-4H3,(H3,22,23,24).